The van der Waals surface area contributed by atoms with Crippen LogP contribution in [0, 0.1) is 0 Å². The molecule has 1 aromatic heterocycles. The van der Waals surface area contributed by atoms with Gasteiger partial charge in [-0.2, -0.15) is 0 Å². The van der Waals surface area contributed by atoms with Gasteiger partial charge in [0.2, 0.25) is 5.82 Å². The van der Waals surface area contributed by atoms with Crippen LogP contribution in [0.25, 0.3) is 5.69 Å². The smallest absolute Gasteiger partial charge is 0.291 e. The fourth-order valence-electron chi connectivity index (χ4n) is 1.94. The van der Waals surface area contributed by atoms with E-state index in [0.29, 0.717) is 11.6 Å². The minimum Gasteiger partial charge on any atom is -0.345 e. The third-order valence-electron chi connectivity index (χ3n) is 3.08. The summed E-state index contributed by atoms with van der Waals surface area (Å²) < 4.78 is 1.54. The largest absolute Gasteiger partial charge is 0.345 e. The maximum atomic E-state index is 12.0. The number of halogens is 1. The Kier molecular flexibility index (Phi) is 4.16. The van der Waals surface area contributed by atoms with Crippen LogP contribution in [0.4, 0.5) is 0 Å². The van der Waals surface area contributed by atoms with Crippen molar-refractivity contribution < 1.29 is 4.79 Å². The second kappa shape index (κ2) is 6.41. The van der Waals surface area contributed by atoms with Crippen LogP contribution in [0.1, 0.15) is 16.2 Å². The summed E-state index contributed by atoms with van der Waals surface area (Å²) in [6.07, 6.45) is 1.50. The van der Waals surface area contributed by atoms with Crippen LogP contribution >= 0.6 is 11.6 Å². The summed E-state index contributed by atoms with van der Waals surface area (Å²) in [4.78, 5) is 16.1. The summed E-state index contributed by atoms with van der Waals surface area (Å²) >= 11 is 5.84. The van der Waals surface area contributed by atoms with Gasteiger partial charge in [-0.25, -0.2) is 9.67 Å². The number of hydrogen-bond acceptors (Lipinski definition) is 3. The van der Waals surface area contributed by atoms with Crippen molar-refractivity contribution in [3.05, 3.63) is 77.3 Å². The molecule has 22 heavy (non-hydrogen) atoms. The highest BCUT2D eigenvalue weighted by molar-refractivity contribution is 6.30. The Morgan fingerprint density at radius 3 is 2.55 bits per heavy atom. The van der Waals surface area contributed by atoms with Crippen LogP contribution in [0.15, 0.2) is 60.9 Å². The fraction of sp³-hybridized carbons (Fsp3) is 0.0625. The third-order valence-corrected chi connectivity index (χ3v) is 3.33. The van der Waals surface area contributed by atoms with Crippen molar-refractivity contribution in [2.45, 2.75) is 6.54 Å². The number of hydrogen-bond donors (Lipinski definition) is 1. The van der Waals surface area contributed by atoms with Gasteiger partial charge in [0.05, 0.1) is 5.69 Å². The molecule has 0 aliphatic rings. The Hall–Kier alpha value is -2.66. The number of nitrogens with zero attached hydrogens (tertiary/aromatic N) is 3. The van der Waals surface area contributed by atoms with E-state index >= 15 is 0 Å². The van der Waals surface area contributed by atoms with E-state index in [-0.39, 0.29) is 11.7 Å². The molecule has 0 spiro atoms. The van der Waals surface area contributed by atoms with Crippen LogP contribution in [-0.4, -0.2) is 20.7 Å². The van der Waals surface area contributed by atoms with Crippen molar-refractivity contribution in [3.63, 3.8) is 0 Å². The molecule has 3 rings (SSSR count). The van der Waals surface area contributed by atoms with Crippen LogP contribution in [0.5, 0.6) is 0 Å². The van der Waals surface area contributed by atoms with E-state index in [1.54, 1.807) is 12.1 Å². The van der Waals surface area contributed by atoms with Crippen LogP contribution in [0.2, 0.25) is 5.02 Å². The summed E-state index contributed by atoms with van der Waals surface area (Å²) in [7, 11) is 0. The Balaban J connectivity index is 1.68. The number of nitrogens with one attached hydrogen (secondary N) is 1. The SMILES string of the molecule is O=C(NCc1ccccc1)c1ncn(-c2ccc(Cl)cc2)n1. The first-order valence-electron chi connectivity index (χ1n) is 6.72. The van der Waals surface area contributed by atoms with Gasteiger partial charge in [0.15, 0.2) is 0 Å². The number of carbonyl (C=O) groups excluding carboxylic acids is 1. The maximum absolute atomic E-state index is 12.0. The van der Waals surface area contributed by atoms with Gasteiger partial charge >= 0.3 is 0 Å². The Labute approximate surface area is 132 Å². The van der Waals surface area contributed by atoms with Gasteiger partial charge in [0.25, 0.3) is 5.91 Å². The molecule has 5 nitrogen and oxygen atoms in total. The van der Waals surface area contributed by atoms with E-state index in [4.69, 9.17) is 11.6 Å². The maximum Gasteiger partial charge on any atom is 0.291 e. The minimum absolute atomic E-state index is 0.130. The number of aromatic nitrogens is 3. The molecule has 3 aromatic rings. The Bertz CT molecular complexity index is 768. The number of amides is 1. The van der Waals surface area contributed by atoms with Crippen LogP contribution < -0.4 is 5.32 Å². The topological polar surface area (TPSA) is 59.8 Å². The third kappa shape index (κ3) is 3.32. The van der Waals surface area contributed by atoms with E-state index < -0.39 is 0 Å². The molecule has 0 unspecified atom stereocenters. The van der Waals surface area contributed by atoms with E-state index in [1.807, 2.05) is 42.5 Å². The van der Waals surface area contributed by atoms with E-state index in [1.165, 1.54) is 11.0 Å². The number of benzene rings is 2. The Morgan fingerprint density at radius 2 is 1.82 bits per heavy atom. The average Bonchev–Trinajstić information content (AvgIpc) is 3.04. The van der Waals surface area contributed by atoms with Crippen molar-refractivity contribution >= 4 is 17.5 Å². The summed E-state index contributed by atoms with van der Waals surface area (Å²) in [5.74, 6) is -0.178. The zero-order valence-electron chi connectivity index (χ0n) is 11.6. The highest BCUT2D eigenvalue weighted by atomic mass is 35.5. The number of carbonyl (C=O) groups is 1. The molecule has 1 amide bonds. The molecule has 0 saturated carbocycles. The molecule has 0 fully saturated rings. The molecule has 0 atom stereocenters. The highest BCUT2D eigenvalue weighted by Gasteiger charge is 2.11. The second-order valence-corrected chi connectivity index (χ2v) is 5.09. The Morgan fingerprint density at radius 1 is 1.09 bits per heavy atom. The summed E-state index contributed by atoms with van der Waals surface area (Å²) in [6, 6.07) is 16.8. The highest BCUT2D eigenvalue weighted by Crippen LogP contribution is 2.12. The molecular formula is C16H13ClN4O. The first-order chi connectivity index (χ1) is 10.7. The van der Waals surface area contributed by atoms with Gasteiger partial charge in [0, 0.05) is 11.6 Å². The lowest BCUT2D eigenvalue weighted by Gasteiger charge is -2.02. The van der Waals surface area contributed by atoms with Gasteiger partial charge < -0.3 is 5.32 Å². The first kappa shape index (κ1) is 14.3. The first-order valence-corrected chi connectivity index (χ1v) is 7.10. The summed E-state index contributed by atoms with van der Waals surface area (Å²) in [5, 5.41) is 7.61. The average molecular weight is 313 g/mol. The van der Waals surface area contributed by atoms with Crippen molar-refractivity contribution in [1.29, 1.82) is 0 Å². The van der Waals surface area contributed by atoms with Crippen LogP contribution in [0.3, 0.4) is 0 Å². The molecule has 2 aromatic carbocycles. The molecule has 0 aliphatic heterocycles. The number of rotatable bonds is 4. The zero-order chi connectivity index (χ0) is 15.4. The molecule has 0 bridgehead atoms. The predicted molar refractivity (Wildman–Crippen MR) is 84.0 cm³/mol. The lowest BCUT2D eigenvalue weighted by atomic mass is 10.2. The van der Waals surface area contributed by atoms with E-state index in [0.717, 1.165) is 11.3 Å². The monoisotopic (exact) mass is 312 g/mol. The normalized spacial score (nSPS) is 10.4. The summed E-state index contributed by atoms with van der Waals surface area (Å²) in [5.41, 5.74) is 1.81. The fourth-order valence-corrected chi connectivity index (χ4v) is 2.07. The van der Waals surface area contributed by atoms with Crippen molar-refractivity contribution in [2.75, 3.05) is 0 Å². The lowest BCUT2D eigenvalue weighted by Crippen LogP contribution is -2.24. The van der Waals surface area contributed by atoms with Crippen LogP contribution in [-0.2, 0) is 6.54 Å². The zero-order valence-corrected chi connectivity index (χ0v) is 12.4. The molecule has 0 radical (unpaired) electrons. The quantitative estimate of drug-likeness (QED) is 0.806. The minimum atomic E-state index is -0.309. The van der Waals surface area contributed by atoms with Gasteiger partial charge in [-0.05, 0) is 29.8 Å². The van der Waals surface area contributed by atoms with Gasteiger partial charge in [0.1, 0.15) is 6.33 Å². The molecule has 1 N–H and O–H groups in total. The molecule has 0 saturated heterocycles. The molecule has 6 heteroatoms. The molecule has 0 aliphatic carbocycles. The van der Waals surface area contributed by atoms with Gasteiger partial charge in [-0.3, -0.25) is 4.79 Å². The van der Waals surface area contributed by atoms with E-state index in [2.05, 4.69) is 15.4 Å². The molecular weight excluding hydrogens is 300 g/mol. The van der Waals surface area contributed by atoms with Gasteiger partial charge in [-0.1, -0.05) is 41.9 Å². The van der Waals surface area contributed by atoms with Crippen molar-refractivity contribution in [1.82, 2.24) is 20.1 Å². The molecule has 1 heterocycles. The van der Waals surface area contributed by atoms with Gasteiger partial charge in [-0.15, -0.1) is 5.10 Å². The van der Waals surface area contributed by atoms with Crippen molar-refractivity contribution in [3.8, 4) is 5.69 Å². The summed E-state index contributed by atoms with van der Waals surface area (Å²) in [6.45, 7) is 0.440. The lowest BCUT2D eigenvalue weighted by molar-refractivity contribution is 0.0940. The van der Waals surface area contributed by atoms with Crippen molar-refractivity contribution in [2.24, 2.45) is 0 Å². The predicted octanol–water partition coefficient (Wildman–Crippen LogP) is 2.85. The second-order valence-electron chi connectivity index (χ2n) is 4.66. The molecule has 110 valence electrons. The van der Waals surface area contributed by atoms with E-state index in [9.17, 15) is 4.79 Å². The standard InChI is InChI=1S/C16H13ClN4O/c17-13-6-8-14(9-7-13)21-11-19-15(20-21)16(22)18-10-12-4-2-1-3-5-12/h1-9,11H,10H2,(H,18,22).